The van der Waals surface area contributed by atoms with Gasteiger partial charge in [-0.3, -0.25) is 9.59 Å². The first kappa shape index (κ1) is 28.1. The number of anilines is 1. The van der Waals surface area contributed by atoms with Crippen LogP contribution in [0.4, 0.5) is 27.8 Å². The number of nitrogens with zero attached hydrogens (tertiary/aromatic N) is 3. The molecule has 2 bridgehead atoms. The summed E-state index contributed by atoms with van der Waals surface area (Å²) in [6, 6.07) is -1.77. The number of aromatic nitrogens is 2. The van der Waals surface area contributed by atoms with Gasteiger partial charge in [0.05, 0.1) is 11.5 Å². The fourth-order valence-electron chi connectivity index (χ4n) is 4.96. The van der Waals surface area contributed by atoms with Gasteiger partial charge < -0.3 is 20.6 Å². The molecule has 0 saturated carbocycles. The van der Waals surface area contributed by atoms with Crippen LogP contribution in [0.5, 0.6) is 0 Å². The van der Waals surface area contributed by atoms with E-state index in [1.54, 1.807) is 11.8 Å². The number of hydrogen-bond acceptors (Lipinski definition) is 7. The van der Waals surface area contributed by atoms with E-state index in [0.29, 0.717) is 0 Å². The molecule has 2 aromatic heterocycles. The standard InChI is InChI=1S/C24H28F5N5O3S/c1-3-16(24(27,28)29)32-17-8-14(20(25)26)15(9-30-17)19-18(23(37)34-12-4-5-13(34)7-6-12)33-22(38-19)21(36)31-11(2)10-35/h8-9,11-13,16,20,35H,3-7,10H2,1-2H3,(H,30,32)(H,31,36)/t11-,12-,13-,16+/m1/s1. The fraction of sp³-hybridized carbons (Fsp3) is 0.583. The number of halogens is 5. The molecule has 14 heteroatoms. The van der Waals surface area contributed by atoms with Crippen molar-refractivity contribution in [3.05, 3.63) is 28.5 Å². The van der Waals surface area contributed by atoms with E-state index in [0.717, 1.165) is 49.3 Å². The molecule has 0 aromatic carbocycles. The number of fused-ring (bicyclic) bond motifs is 2. The topological polar surface area (TPSA) is 107 Å². The Labute approximate surface area is 219 Å². The number of thiazole rings is 1. The molecule has 2 atom stereocenters. The molecule has 2 amide bonds. The molecule has 2 saturated heterocycles. The number of hydrogen-bond donors (Lipinski definition) is 3. The highest BCUT2D eigenvalue weighted by molar-refractivity contribution is 7.17. The lowest BCUT2D eigenvalue weighted by atomic mass is 10.0. The van der Waals surface area contributed by atoms with Gasteiger partial charge in [-0.15, -0.1) is 11.3 Å². The molecule has 3 N–H and O–H groups in total. The van der Waals surface area contributed by atoms with Crippen LogP contribution in [0.25, 0.3) is 10.4 Å². The van der Waals surface area contributed by atoms with Crippen LogP contribution in [0.15, 0.2) is 12.3 Å². The van der Waals surface area contributed by atoms with Crippen LogP contribution in [-0.4, -0.2) is 68.7 Å². The first-order valence-corrected chi connectivity index (χ1v) is 13.1. The number of carbonyl (C=O) groups excluding carboxylic acids is 2. The number of carbonyl (C=O) groups is 2. The van der Waals surface area contributed by atoms with Gasteiger partial charge in [0.25, 0.3) is 18.2 Å². The van der Waals surface area contributed by atoms with E-state index in [2.05, 4.69) is 20.6 Å². The van der Waals surface area contributed by atoms with Crippen molar-refractivity contribution in [2.45, 2.75) is 82.7 Å². The molecule has 38 heavy (non-hydrogen) atoms. The zero-order valence-corrected chi connectivity index (χ0v) is 21.5. The monoisotopic (exact) mass is 561 g/mol. The van der Waals surface area contributed by atoms with Crippen molar-refractivity contribution in [2.24, 2.45) is 0 Å². The molecule has 208 valence electrons. The van der Waals surface area contributed by atoms with Gasteiger partial charge in [0.15, 0.2) is 5.01 Å². The largest absolute Gasteiger partial charge is 0.408 e. The first-order valence-electron chi connectivity index (χ1n) is 12.3. The van der Waals surface area contributed by atoms with Gasteiger partial charge in [0.2, 0.25) is 0 Å². The molecule has 2 aliphatic rings. The number of pyridine rings is 1. The van der Waals surface area contributed by atoms with Gasteiger partial charge in [-0.2, -0.15) is 13.2 Å². The first-order chi connectivity index (χ1) is 17.9. The second kappa shape index (κ2) is 11.1. The van der Waals surface area contributed by atoms with Crippen LogP contribution < -0.4 is 10.6 Å². The highest BCUT2D eigenvalue weighted by Gasteiger charge is 2.44. The zero-order valence-electron chi connectivity index (χ0n) is 20.7. The van der Waals surface area contributed by atoms with Crippen LogP contribution in [0.1, 0.15) is 78.2 Å². The maximum absolute atomic E-state index is 14.2. The SMILES string of the molecule is CC[C@H](Nc1cc(C(F)F)c(-c2sc(C(=O)N[C@H](C)CO)nc2C(=O)N2[C@H]3CC[C@H]2CC3)cn1)C(F)(F)F. The summed E-state index contributed by atoms with van der Waals surface area (Å²) in [6.45, 7) is 2.51. The summed E-state index contributed by atoms with van der Waals surface area (Å²) in [7, 11) is 0. The lowest BCUT2D eigenvalue weighted by Gasteiger charge is -2.22. The Hall–Kier alpha value is -2.87. The second-order valence-corrected chi connectivity index (χ2v) is 10.5. The maximum atomic E-state index is 14.2. The average Bonchev–Trinajstić information content (AvgIpc) is 3.60. The Balaban J connectivity index is 1.77. The zero-order chi connectivity index (χ0) is 27.8. The molecule has 0 aliphatic carbocycles. The Morgan fingerprint density at radius 3 is 2.37 bits per heavy atom. The van der Waals surface area contributed by atoms with Gasteiger partial charge in [-0.25, -0.2) is 18.7 Å². The van der Waals surface area contributed by atoms with Crippen molar-refractivity contribution in [1.29, 1.82) is 0 Å². The average molecular weight is 562 g/mol. The highest BCUT2D eigenvalue weighted by atomic mass is 32.1. The van der Waals surface area contributed by atoms with E-state index in [1.807, 2.05) is 0 Å². The Kier molecular flexibility index (Phi) is 8.21. The third-order valence-corrected chi connectivity index (χ3v) is 7.99. The molecule has 0 radical (unpaired) electrons. The Morgan fingerprint density at radius 2 is 1.84 bits per heavy atom. The number of aliphatic hydroxyl groups excluding tert-OH is 1. The van der Waals surface area contributed by atoms with E-state index in [1.165, 1.54) is 6.92 Å². The summed E-state index contributed by atoms with van der Waals surface area (Å²) in [5, 5.41) is 13.8. The van der Waals surface area contributed by atoms with Gasteiger partial charge in [0, 0.05) is 35.4 Å². The van der Waals surface area contributed by atoms with Crippen molar-refractivity contribution >= 4 is 29.0 Å². The van der Waals surface area contributed by atoms with E-state index in [9.17, 15) is 36.6 Å². The van der Waals surface area contributed by atoms with E-state index < -0.39 is 47.9 Å². The Bertz CT molecular complexity index is 1170. The summed E-state index contributed by atoms with van der Waals surface area (Å²) in [6.07, 6.45) is -3.81. The van der Waals surface area contributed by atoms with Crippen LogP contribution in [0.2, 0.25) is 0 Å². The minimum Gasteiger partial charge on any atom is -0.394 e. The van der Waals surface area contributed by atoms with Gasteiger partial charge in [-0.05, 0) is 45.1 Å². The number of nitrogens with one attached hydrogen (secondary N) is 2. The summed E-state index contributed by atoms with van der Waals surface area (Å²) >= 11 is 0.717. The third kappa shape index (κ3) is 5.60. The van der Waals surface area contributed by atoms with Crippen LogP contribution in [-0.2, 0) is 0 Å². The molecule has 0 unspecified atom stereocenters. The van der Waals surface area contributed by atoms with Gasteiger partial charge >= 0.3 is 6.18 Å². The molecular weight excluding hydrogens is 533 g/mol. The van der Waals surface area contributed by atoms with Crippen LogP contribution in [0.3, 0.4) is 0 Å². The molecule has 2 fully saturated rings. The van der Waals surface area contributed by atoms with Gasteiger partial charge in [0.1, 0.15) is 17.6 Å². The number of rotatable bonds is 9. The van der Waals surface area contributed by atoms with Crippen molar-refractivity contribution in [2.75, 3.05) is 11.9 Å². The Morgan fingerprint density at radius 1 is 1.21 bits per heavy atom. The minimum atomic E-state index is -4.61. The lowest BCUT2D eigenvalue weighted by Crippen LogP contribution is -2.36. The normalized spacial score (nSPS) is 20.6. The van der Waals surface area contributed by atoms with Crippen molar-refractivity contribution < 1.29 is 36.6 Å². The highest BCUT2D eigenvalue weighted by Crippen LogP contribution is 2.42. The molecule has 0 spiro atoms. The van der Waals surface area contributed by atoms with Crippen LogP contribution in [0, 0.1) is 0 Å². The molecule has 2 aliphatic heterocycles. The molecular formula is C24H28F5N5O3S. The molecule has 8 nitrogen and oxygen atoms in total. The minimum absolute atomic E-state index is 0.00125. The fourth-order valence-corrected chi connectivity index (χ4v) is 5.95. The summed E-state index contributed by atoms with van der Waals surface area (Å²) in [4.78, 5) is 36.2. The number of aliphatic hydroxyl groups is 1. The summed E-state index contributed by atoms with van der Waals surface area (Å²) in [5.41, 5.74) is -1.01. The number of amides is 2. The van der Waals surface area contributed by atoms with Gasteiger partial charge in [-0.1, -0.05) is 6.92 Å². The van der Waals surface area contributed by atoms with Crippen LogP contribution >= 0.6 is 11.3 Å². The predicted molar refractivity (Wildman–Crippen MR) is 130 cm³/mol. The lowest BCUT2D eigenvalue weighted by molar-refractivity contribution is -0.142. The number of alkyl halides is 5. The maximum Gasteiger partial charge on any atom is 0.408 e. The van der Waals surface area contributed by atoms with E-state index >= 15 is 0 Å². The third-order valence-electron chi connectivity index (χ3n) is 6.90. The molecule has 2 aromatic rings. The molecule has 4 rings (SSSR count). The van der Waals surface area contributed by atoms with Crippen molar-refractivity contribution in [3.63, 3.8) is 0 Å². The predicted octanol–water partition coefficient (Wildman–Crippen LogP) is 4.77. The van der Waals surface area contributed by atoms with Crippen molar-refractivity contribution in [3.8, 4) is 10.4 Å². The molecule has 4 heterocycles. The summed E-state index contributed by atoms with van der Waals surface area (Å²) < 4.78 is 68.1. The quantitative estimate of drug-likeness (QED) is 0.381. The van der Waals surface area contributed by atoms with Crippen molar-refractivity contribution in [1.82, 2.24) is 20.2 Å². The van der Waals surface area contributed by atoms with E-state index in [-0.39, 0.29) is 46.3 Å². The summed E-state index contributed by atoms with van der Waals surface area (Å²) in [5.74, 6) is -1.57. The van der Waals surface area contributed by atoms with E-state index in [4.69, 9.17) is 0 Å². The second-order valence-electron chi connectivity index (χ2n) is 9.53. The smallest absolute Gasteiger partial charge is 0.394 e.